The molecule has 1 nitrogen and oxygen atoms in total. The van der Waals surface area contributed by atoms with E-state index in [0.717, 1.165) is 5.57 Å². The quantitative estimate of drug-likeness (QED) is 0.691. The molecule has 1 aromatic heterocycles. The smallest absolute Gasteiger partial charge is 0.0110 e. The van der Waals surface area contributed by atoms with Crippen molar-refractivity contribution < 1.29 is 0 Å². The number of hydrogen-bond donors (Lipinski definition) is 0. The number of aryl methyl sites for hydroxylation is 1. The Morgan fingerprint density at radius 2 is 1.73 bits per heavy atom. The van der Waals surface area contributed by atoms with Crippen LogP contribution in [0.5, 0.6) is 0 Å². The van der Waals surface area contributed by atoms with Gasteiger partial charge in [0.25, 0.3) is 0 Å². The summed E-state index contributed by atoms with van der Waals surface area (Å²) in [6.07, 6.45) is 4.18. The molecule has 0 saturated heterocycles. The van der Waals surface area contributed by atoms with Crippen LogP contribution < -0.4 is 0 Å². The van der Waals surface area contributed by atoms with Crippen molar-refractivity contribution in [2.24, 2.45) is 7.05 Å². The van der Waals surface area contributed by atoms with Crippen LogP contribution in [-0.2, 0) is 7.05 Å². The largest absolute Gasteiger partial charge is 0.357 e. The minimum absolute atomic E-state index is 1.11. The molecule has 0 atom stereocenters. The Balaban J connectivity index is 2.35. The number of benzene rings is 1. The van der Waals surface area contributed by atoms with Crippen LogP contribution in [0.2, 0.25) is 0 Å². The van der Waals surface area contributed by atoms with Crippen LogP contribution in [0.1, 0.15) is 12.5 Å². The predicted molar refractivity (Wildman–Crippen MR) is 65.6 cm³/mol. The number of nitrogens with zero attached hydrogens (tertiary/aromatic N) is 1. The average molecular weight is 197 g/mol. The zero-order valence-electron chi connectivity index (χ0n) is 9.20. The maximum atomic E-state index is 3.93. The molecule has 0 saturated carbocycles. The zero-order valence-corrected chi connectivity index (χ0v) is 9.20. The molecule has 0 unspecified atom stereocenters. The van der Waals surface area contributed by atoms with E-state index in [9.17, 15) is 0 Å². The van der Waals surface area contributed by atoms with Crippen molar-refractivity contribution in [3.63, 3.8) is 0 Å². The van der Waals surface area contributed by atoms with Crippen molar-refractivity contribution >= 4 is 5.57 Å². The molecular weight excluding hydrogens is 182 g/mol. The summed E-state index contributed by atoms with van der Waals surface area (Å²) in [5, 5.41) is 0. The van der Waals surface area contributed by atoms with Crippen molar-refractivity contribution in [2.45, 2.75) is 6.92 Å². The van der Waals surface area contributed by atoms with Crippen molar-refractivity contribution in [1.82, 2.24) is 4.57 Å². The Labute approximate surface area is 90.7 Å². The molecule has 0 fully saturated rings. The Hall–Kier alpha value is -1.76. The summed E-state index contributed by atoms with van der Waals surface area (Å²) in [5.41, 5.74) is 4.82. The Morgan fingerprint density at radius 3 is 2.20 bits per heavy atom. The van der Waals surface area contributed by atoms with E-state index in [1.54, 1.807) is 0 Å². The van der Waals surface area contributed by atoms with Gasteiger partial charge in [-0.1, -0.05) is 36.4 Å². The molecule has 2 rings (SSSR count). The van der Waals surface area contributed by atoms with Gasteiger partial charge in [0, 0.05) is 19.4 Å². The lowest BCUT2D eigenvalue weighted by atomic mass is 10.0. The third kappa shape index (κ3) is 2.01. The molecule has 0 aliphatic heterocycles. The molecule has 2 aromatic rings. The van der Waals surface area contributed by atoms with E-state index in [1.165, 1.54) is 16.7 Å². The van der Waals surface area contributed by atoms with E-state index in [4.69, 9.17) is 0 Å². The fourth-order valence-corrected chi connectivity index (χ4v) is 1.62. The van der Waals surface area contributed by atoms with E-state index in [-0.39, 0.29) is 0 Å². The Kier molecular flexibility index (Phi) is 2.46. The van der Waals surface area contributed by atoms with E-state index in [0.29, 0.717) is 0 Å². The first-order valence-corrected chi connectivity index (χ1v) is 5.05. The molecule has 76 valence electrons. The van der Waals surface area contributed by atoms with Crippen molar-refractivity contribution in [2.75, 3.05) is 0 Å². The number of hydrogen-bond acceptors (Lipinski definition) is 0. The van der Waals surface area contributed by atoms with Gasteiger partial charge in [0.05, 0.1) is 0 Å². The Bertz CT molecular complexity index is 474. The average Bonchev–Trinajstić information content (AvgIpc) is 2.65. The van der Waals surface area contributed by atoms with E-state index < -0.39 is 0 Å². The summed E-state index contributed by atoms with van der Waals surface area (Å²) >= 11 is 0. The molecule has 1 aromatic carbocycles. The molecule has 0 aliphatic carbocycles. The molecule has 0 radical (unpaired) electrons. The Morgan fingerprint density at radius 1 is 1.07 bits per heavy atom. The topological polar surface area (TPSA) is 4.93 Å². The van der Waals surface area contributed by atoms with Crippen LogP contribution in [0.3, 0.4) is 0 Å². The van der Waals surface area contributed by atoms with Gasteiger partial charge in [0.2, 0.25) is 0 Å². The summed E-state index contributed by atoms with van der Waals surface area (Å²) < 4.78 is 2.06. The highest BCUT2D eigenvalue weighted by Gasteiger charge is 1.99. The van der Waals surface area contributed by atoms with Gasteiger partial charge >= 0.3 is 0 Å². The highest BCUT2D eigenvalue weighted by Crippen LogP contribution is 2.21. The molecule has 1 heterocycles. The molecule has 0 N–H and O–H groups in total. The van der Waals surface area contributed by atoms with Gasteiger partial charge in [-0.25, -0.2) is 0 Å². The van der Waals surface area contributed by atoms with E-state index >= 15 is 0 Å². The summed E-state index contributed by atoms with van der Waals surface area (Å²) in [6.45, 7) is 5.95. The zero-order chi connectivity index (χ0) is 10.8. The number of allylic oxidation sites excluding steroid dienone is 1. The van der Waals surface area contributed by atoms with Gasteiger partial charge in [-0.05, 0) is 29.7 Å². The van der Waals surface area contributed by atoms with E-state index in [1.807, 2.05) is 14.0 Å². The fourth-order valence-electron chi connectivity index (χ4n) is 1.62. The maximum Gasteiger partial charge on any atom is 0.0110 e. The van der Waals surface area contributed by atoms with Crippen LogP contribution >= 0.6 is 0 Å². The van der Waals surface area contributed by atoms with Crippen molar-refractivity contribution in [1.29, 1.82) is 0 Å². The third-order valence-electron chi connectivity index (χ3n) is 2.54. The molecule has 0 spiro atoms. The minimum atomic E-state index is 1.11. The van der Waals surface area contributed by atoms with Crippen LogP contribution in [0.15, 0.2) is 49.3 Å². The highest BCUT2D eigenvalue weighted by molar-refractivity contribution is 5.68. The summed E-state index contributed by atoms with van der Waals surface area (Å²) in [6, 6.07) is 10.6. The lowest BCUT2D eigenvalue weighted by molar-refractivity contribution is 0.928. The maximum absolute atomic E-state index is 3.93. The van der Waals surface area contributed by atoms with Gasteiger partial charge in [-0.15, -0.1) is 0 Å². The molecule has 0 bridgehead atoms. The second-order valence-corrected chi connectivity index (χ2v) is 3.92. The molecule has 15 heavy (non-hydrogen) atoms. The number of rotatable bonds is 2. The molecule has 0 aliphatic rings. The van der Waals surface area contributed by atoms with Crippen LogP contribution in [-0.4, -0.2) is 4.57 Å². The normalized spacial score (nSPS) is 10.3. The molecule has 0 amide bonds. The van der Waals surface area contributed by atoms with Gasteiger partial charge in [0.15, 0.2) is 0 Å². The van der Waals surface area contributed by atoms with Gasteiger partial charge in [0.1, 0.15) is 0 Å². The fraction of sp³-hybridized carbons (Fsp3) is 0.143. The lowest BCUT2D eigenvalue weighted by Crippen LogP contribution is -1.80. The minimum Gasteiger partial charge on any atom is -0.357 e. The second-order valence-electron chi connectivity index (χ2n) is 3.92. The summed E-state index contributed by atoms with van der Waals surface area (Å²) in [7, 11) is 2.03. The summed E-state index contributed by atoms with van der Waals surface area (Å²) in [4.78, 5) is 0. The number of aromatic nitrogens is 1. The van der Waals surface area contributed by atoms with Crippen LogP contribution in [0.4, 0.5) is 0 Å². The van der Waals surface area contributed by atoms with Gasteiger partial charge < -0.3 is 4.57 Å². The summed E-state index contributed by atoms with van der Waals surface area (Å²) in [5.74, 6) is 0. The first kappa shape index (κ1) is 9.78. The second kappa shape index (κ2) is 3.77. The van der Waals surface area contributed by atoms with Crippen molar-refractivity contribution in [3.05, 3.63) is 54.9 Å². The standard InChI is InChI=1S/C14H15N/c1-11(2)12-4-6-13(7-5-12)14-8-9-15(3)10-14/h4-10H,1H2,2-3H3. The van der Waals surface area contributed by atoms with Gasteiger partial charge in [-0.3, -0.25) is 0 Å². The first-order chi connectivity index (χ1) is 7.16. The molecule has 1 heteroatoms. The molecular formula is C14H15N. The first-order valence-electron chi connectivity index (χ1n) is 5.05. The van der Waals surface area contributed by atoms with Crippen LogP contribution in [0.25, 0.3) is 16.7 Å². The third-order valence-corrected chi connectivity index (χ3v) is 2.54. The lowest BCUT2D eigenvalue weighted by Gasteiger charge is -2.01. The monoisotopic (exact) mass is 197 g/mol. The van der Waals surface area contributed by atoms with Gasteiger partial charge in [-0.2, -0.15) is 0 Å². The SMILES string of the molecule is C=C(C)c1ccc(-c2ccn(C)c2)cc1. The van der Waals surface area contributed by atoms with Crippen LogP contribution in [0, 0.1) is 0 Å². The van der Waals surface area contributed by atoms with E-state index in [2.05, 4.69) is 53.9 Å². The predicted octanol–water partition coefficient (Wildman–Crippen LogP) is 3.73. The van der Waals surface area contributed by atoms with Crippen molar-refractivity contribution in [3.8, 4) is 11.1 Å². The highest BCUT2D eigenvalue weighted by atomic mass is 14.9.